The Morgan fingerprint density at radius 2 is 2.28 bits per heavy atom. The van der Waals surface area contributed by atoms with Gasteiger partial charge in [0.1, 0.15) is 6.67 Å². The molecule has 1 heterocycles. The molecule has 1 aromatic carbocycles. The molecular weight excluding hydrogens is 257 g/mol. The van der Waals surface area contributed by atoms with Crippen molar-refractivity contribution in [3.63, 3.8) is 0 Å². The quantitative estimate of drug-likeness (QED) is 0.913. The van der Waals surface area contributed by atoms with Crippen LogP contribution in [0.5, 0.6) is 0 Å². The number of carbonyl (C=O) groups excluding carboxylic acids is 1. The molecule has 1 unspecified atom stereocenters. The number of rotatable bonds is 3. The lowest BCUT2D eigenvalue weighted by Crippen LogP contribution is -2.41. The van der Waals surface area contributed by atoms with Gasteiger partial charge in [-0.05, 0) is 25.1 Å². The summed E-state index contributed by atoms with van der Waals surface area (Å²) >= 11 is 1.36. The predicted molar refractivity (Wildman–Crippen MR) is 67.0 cm³/mol. The maximum Gasteiger partial charge on any atom is 0.335 e. The summed E-state index contributed by atoms with van der Waals surface area (Å²) in [4.78, 5) is 25.0. The summed E-state index contributed by atoms with van der Waals surface area (Å²) in [5, 5.41) is 8.66. The number of halogens is 1. The van der Waals surface area contributed by atoms with Crippen LogP contribution in [0.1, 0.15) is 17.3 Å². The van der Waals surface area contributed by atoms with Crippen LogP contribution in [-0.2, 0) is 4.79 Å². The van der Waals surface area contributed by atoms with Crippen molar-refractivity contribution in [1.82, 2.24) is 0 Å². The smallest absolute Gasteiger partial charge is 0.335 e. The third-order valence-electron chi connectivity index (χ3n) is 2.72. The maximum atomic E-state index is 12.5. The summed E-state index contributed by atoms with van der Waals surface area (Å²) < 4.78 is 12.5. The second-order valence-corrected chi connectivity index (χ2v) is 5.31. The van der Waals surface area contributed by atoms with Crippen molar-refractivity contribution in [1.29, 1.82) is 0 Å². The van der Waals surface area contributed by atoms with Gasteiger partial charge in [-0.1, -0.05) is 0 Å². The highest BCUT2D eigenvalue weighted by Crippen LogP contribution is 2.39. The van der Waals surface area contributed by atoms with E-state index in [-0.39, 0.29) is 23.3 Å². The van der Waals surface area contributed by atoms with Crippen molar-refractivity contribution in [3.8, 4) is 0 Å². The molecule has 0 radical (unpaired) electrons. The van der Waals surface area contributed by atoms with Gasteiger partial charge in [0.15, 0.2) is 0 Å². The van der Waals surface area contributed by atoms with Gasteiger partial charge in [0, 0.05) is 4.90 Å². The number of nitrogens with zero attached hydrogens (tertiary/aromatic N) is 1. The molecule has 6 heteroatoms. The molecule has 0 saturated heterocycles. The van der Waals surface area contributed by atoms with Crippen LogP contribution in [0.3, 0.4) is 0 Å². The van der Waals surface area contributed by atoms with Gasteiger partial charge in [0.05, 0.1) is 23.0 Å². The first kappa shape index (κ1) is 12.9. The third-order valence-corrected chi connectivity index (χ3v) is 3.88. The molecule has 1 aliphatic heterocycles. The Labute approximate surface area is 108 Å². The monoisotopic (exact) mass is 269 g/mol. The Morgan fingerprint density at radius 1 is 1.56 bits per heavy atom. The Bertz CT molecular complexity index is 506. The molecule has 0 saturated carbocycles. The first-order valence-electron chi connectivity index (χ1n) is 5.46. The van der Waals surface area contributed by atoms with Crippen LogP contribution in [0, 0.1) is 0 Å². The molecule has 1 aliphatic rings. The van der Waals surface area contributed by atoms with Crippen LogP contribution in [-0.4, -0.2) is 35.5 Å². The zero-order valence-electron chi connectivity index (χ0n) is 9.72. The first-order chi connectivity index (χ1) is 8.54. The number of carbonyl (C=O) groups is 2. The van der Waals surface area contributed by atoms with Gasteiger partial charge in [0.2, 0.25) is 5.91 Å². The first-order valence-corrected chi connectivity index (χ1v) is 6.34. The highest BCUT2D eigenvalue weighted by Gasteiger charge is 2.30. The predicted octanol–water partition coefficient (Wildman–Crippen LogP) is 2.18. The molecule has 0 bridgehead atoms. The highest BCUT2D eigenvalue weighted by molar-refractivity contribution is 8.00. The second kappa shape index (κ2) is 4.97. The third kappa shape index (κ3) is 2.20. The van der Waals surface area contributed by atoms with E-state index in [0.29, 0.717) is 5.69 Å². The zero-order valence-corrected chi connectivity index (χ0v) is 10.5. The fraction of sp³-hybridized carbons (Fsp3) is 0.333. The number of amides is 1. The number of fused-ring (bicyclic) bond motifs is 1. The van der Waals surface area contributed by atoms with Crippen LogP contribution < -0.4 is 4.90 Å². The summed E-state index contributed by atoms with van der Waals surface area (Å²) in [6, 6.07) is 4.58. The number of carboxylic acid groups (broad SMARTS) is 1. The minimum Gasteiger partial charge on any atom is -0.478 e. The number of hydrogen-bond donors (Lipinski definition) is 1. The average molecular weight is 269 g/mol. The van der Waals surface area contributed by atoms with E-state index in [9.17, 15) is 14.0 Å². The summed E-state index contributed by atoms with van der Waals surface area (Å²) in [5.74, 6) is -1.25. The summed E-state index contributed by atoms with van der Waals surface area (Å²) in [7, 11) is 0. The number of anilines is 1. The maximum absolute atomic E-state index is 12.5. The van der Waals surface area contributed by atoms with Crippen LogP contribution >= 0.6 is 11.8 Å². The van der Waals surface area contributed by atoms with Crippen molar-refractivity contribution < 1.29 is 19.1 Å². The number of hydrogen-bond acceptors (Lipinski definition) is 3. The van der Waals surface area contributed by atoms with E-state index >= 15 is 0 Å². The van der Waals surface area contributed by atoms with Crippen LogP contribution in [0.4, 0.5) is 10.1 Å². The van der Waals surface area contributed by atoms with Crippen LogP contribution in [0.15, 0.2) is 23.1 Å². The molecule has 1 amide bonds. The standard InChI is InChI=1S/C12H12FNO3S/c1-7-11(15)14(5-4-13)9-6-8(12(16)17)2-3-10(9)18-7/h2-3,6-7H,4-5H2,1H3,(H,16,17). The number of thioether (sulfide) groups is 1. The van der Waals surface area contributed by atoms with E-state index in [0.717, 1.165) is 4.90 Å². The second-order valence-electron chi connectivity index (χ2n) is 3.93. The van der Waals surface area contributed by atoms with Gasteiger partial charge >= 0.3 is 5.97 Å². The van der Waals surface area contributed by atoms with Crippen molar-refractivity contribution in [2.75, 3.05) is 18.1 Å². The Balaban J connectivity index is 2.48. The van der Waals surface area contributed by atoms with Crippen molar-refractivity contribution in [3.05, 3.63) is 23.8 Å². The summed E-state index contributed by atoms with van der Waals surface area (Å²) in [6.45, 7) is 1.06. The lowest BCUT2D eigenvalue weighted by Gasteiger charge is -2.31. The molecule has 0 aliphatic carbocycles. The zero-order chi connectivity index (χ0) is 13.3. The molecule has 0 spiro atoms. The van der Waals surface area contributed by atoms with Gasteiger partial charge in [-0.3, -0.25) is 4.79 Å². The van der Waals surface area contributed by atoms with Crippen molar-refractivity contribution >= 4 is 29.3 Å². The largest absolute Gasteiger partial charge is 0.478 e. The fourth-order valence-electron chi connectivity index (χ4n) is 1.86. The molecule has 0 fully saturated rings. The minimum atomic E-state index is -1.06. The average Bonchev–Trinajstić information content (AvgIpc) is 2.34. The molecule has 0 aromatic heterocycles. The topological polar surface area (TPSA) is 57.6 Å². The Morgan fingerprint density at radius 3 is 2.89 bits per heavy atom. The Kier molecular flexibility index (Phi) is 3.56. The van der Waals surface area contributed by atoms with Gasteiger partial charge in [-0.2, -0.15) is 0 Å². The Hall–Kier alpha value is -1.56. The molecule has 1 N–H and O–H groups in total. The fourth-order valence-corrected chi connectivity index (χ4v) is 2.90. The van der Waals surface area contributed by atoms with E-state index in [1.54, 1.807) is 13.0 Å². The molecular formula is C12H12FNO3S. The number of benzene rings is 1. The summed E-state index contributed by atoms with van der Waals surface area (Å²) in [6.07, 6.45) is 0. The van der Waals surface area contributed by atoms with Crippen LogP contribution in [0.2, 0.25) is 0 Å². The lowest BCUT2D eigenvalue weighted by atomic mass is 10.1. The summed E-state index contributed by atoms with van der Waals surface area (Å²) in [5.41, 5.74) is 0.584. The van der Waals surface area contributed by atoms with Crippen molar-refractivity contribution in [2.45, 2.75) is 17.1 Å². The number of alkyl halides is 1. The van der Waals surface area contributed by atoms with E-state index in [4.69, 9.17) is 5.11 Å². The molecule has 2 rings (SSSR count). The SMILES string of the molecule is CC1Sc2ccc(C(=O)O)cc2N(CCF)C1=O. The van der Waals surface area contributed by atoms with Gasteiger partial charge in [-0.15, -0.1) is 11.8 Å². The number of aromatic carboxylic acids is 1. The van der Waals surface area contributed by atoms with Gasteiger partial charge < -0.3 is 10.0 Å². The molecule has 1 atom stereocenters. The number of carboxylic acids is 1. The van der Waals surface area contributed by atoms with E-state index < -0.39 is 12.6 Å². The van der Waals surface area contributed by atoms with E-state index in [2.05, 4.69) is 0 Å². The minimum absolute atomic E-state index is 0.0419. The van der Waals surface area contributed by atoms with E-state index in [1.807, 2.05) is 0 Å². The molecule has 1 aromatic rings. The van der Waals surface area contributed by atoms with Crippen LogP contribution in [0.25, 0.3) is 0 Å². The molecule has 4 nitrogen and oxygen atoms in total. The lowest BCUT2D eigenvalue weighted by molar-refractivity contribution is -0.118. The van der Waals surface area contributed by atoms with Crippen molar-refractivity contribution in [2.24, 2.45) is 0 Å². The normalized spacial score (nSPS) is 18.7. The van der Waals surface area contributed by atoms with Gasteiger partial charge in [0.25, 0.3) is 0 Å². The molecule has 96 valence electrons. The molecule has 18 heavy (non-hydrogen) atoms. The van der Waals surface area contributed by atoms with Gasteiger partial charge in [-0.25, -0.2) is 9.18 Å². The van der Waals surface area contributed by atoms with E-state index in [1.165, 1.54) is 28.8 Å². The highest BCUT2D eigenvalue weighted by atomic mass is 32.2.